The van der Waals surface area contributed by atoms with Crippen LogP contribution in [-0.4, -0.2) is 59.0 Å². The highest BCUT2D eigenvalue weighted by Crippen LogP contribution is 2.20. The predicted octanol–water partition coefficient (Wildman–Crippen LogP) is 2.17. The average molecular weight is 330 g/mol. The summed E-state index contributed by atoms with van der Waals surface area (Å²) in [6, 6.07) is 5.82. The third kappa shape index (κ3) is 4.24. The van der Waals surface area contributed by atoms with E-state index >= 15 is 0 Å². The highest BCUT2D eigenvalue weighted by molar-refractivity contribution is 5.95. The summed E-state index contributed by atoms with van der Waals surface area (Å²) < 4.78 is 5.70. The fraction of sp³-hybridized carbons (Fsp3) is 0.611. The van der Waals surface area contributed by atoms with Crippen LogP contribution in [0.4, 0.5) is 0 Å². The van der Waals surface area contributed by atoms with Crippen LogP contribution in [0.5, 0.6) is 5.75 Å². The molecule has 6 heteroatoms. The van der Waals surface area contributed by atoms with Gasteiger partial charge in [-0.25, -0.2) is 4.98 Å². The quantitative estimate of drug-likeness (QED) is 0.827. The topological polar surface area (TPSA) is 69.5 Å². The Morgan fingerprint density at radius 1 is 1.25 bits per heavy atom. The number of nitriles is 1. The lowest BCUT2D eigenvalue weighted by molar-refractivity contribution is 0.0565. The second kappa shape index (κ2) is 8.11. The van der Waals surface area contributed by atoms with Crippen molar-refractivity contribution >= 4 is 5.91 Å². The van der Waals surface area contributed by atoms with E-state index in [0.29, 0.717) is 37.6 Å². The van der Waals surface area contributed by atoms with Crippen molar-refractivity contribution in [1.82, 2.24) is 14.8 Å². The molecule has 1 aromatic rings. The first-order valence-electron chi connectivity index (χ1n) is 8.48. The van der Waals surface area contributed by atoms with Gasteiger partial charge in [-0.2, -0.15) is 5.26 Å². The van der Waals surface area contributed by atoms with Gasteiger partial charge in [0, 0.05) is 32.4 Å². The lowest BCUT2D eigenvalue weighted by Gasteiger charge is -2.38. The normalized spacial score (nSPS) is 17.0. The molecule has 1 aliphatic heterocycles. The number of aromatic nitrogens is 1. The molecule has 0 saturated carbocycles. The van der Waals surface area contributed by atoms with Crippen LogP contribution in [0.25, 0.3) is 0 Å². The fourth-order valence-electron chi connectivity index (χ4n) is 2.91. The SMILES string of the molecule is CC(C)Oc1cccnc1C(=O)N1CCN([C@@H](C#N)C(C)C)CC1. The van der Waals surface area contributed by atoms with E-state index in [1.165, 1.54) is 0 Å². The molecule has 1 saturated heterocycles. The molecule has 6 nitrogen and oxygen atoms in total. The number of hydrogen-bond acceptors (Lipinski definition) is 5. The summed E-state index contributed by atoms with van der Waals surface area (Å²) in [4.78, 5) is 20.9. The molecule has 0 aliphatic carbocycles. The summed E-state index contributed by atoms with van der Waals surface area (Å²) in [5.41, 5.74) is 0.361. The van der Waals surface area contributed by atoms with Gasteiger partial charge in [-0.1, -0.05) is 13.8 Å². The number of carbonyl (C=O) groups is 1. The molecule has 1 fully saturated rings. The van der Waals surface area contributed by atoms with Crippen molar-refractivity contribution < 1.29 is 9.53 Å². The van der Waals surface area contributed by atoms with Gasteiger partial charge >= 0.3 is 0 Å². The number of ether oxygens (including phenoxy) is 1. The van der Waals surface area contributed by atoms with Crippen LogP contribution in [0.1, 0.15) is 38.2 Å². The van der Waals surface area contributed by atoms with Gasteiger partial charge in [0.2, 0.25) is 0 Å². The van der Waals surface area contributed by atoms with Crippen LogP contribution in [-0.2, 0) is 0 Å². The molecule has 1 aromatic heterocycles. The van der Waals surface area contributed by atoms with Gasteiger partial charge in [0.05, 0.1) is 12.2 Å². The molecule has 1 atom stereocenters. The zero-order valence-electron chi connectivity index (χ0n) is 14.9. The molecule has 130 valence electrons. The lowest BCUT2D eigenvalue weighted by atomic mass is 10.0. The minimum absolute atomic E-state index is 0.0139. The van der Waals surface area contributed by atoms with Crippen molar-refractivity contribution in [1.29, 1.82) is 5.26 Å². The van der Waals surface area contributed by atoms with Crippen LogP contribution in [0, 0.1) is 17.2 Å². The number of piperazine rings is 1. The van der Waals surface area contributed by atoms with Crippen molar-refractivity contribution in [2.45, 2.75) is 39.8 Å². The second-order valence-corrected chi connectivity index (χ2v) is 6.66. The Kier molecular flexibility index (Phi) is 6.16. The van der Waals surface area contributed by atoms with Crippen LogP contribution < -0.4 is 4.74 Å². The lowest BCUT2D eigenvalue weighted by Crippen LogP contribution is -2.53. The van der Waals surface area contributed by atoms with E-state index in [-0.39, 0.29) is 24.0 Å². The molecular weight excluding hydrogens is 304 g/mol. The Balaban J connectivity index is 2.05. The average Bonchev–Trinajstić information content (AvgIpc) is 2.55. The third-order valence-electron chi connectivity index (χ3n) is 4.09. The number of nitrogens with zero attached hydrogens (tertiary/aromatic N) is 4. The van der Waals surface area contributed by atoms with Gasteiger partial charge in [-0.05, 0) is 31.9 Å². The van der Waals surface area contributed by atoms with E-state index < -0.39 is 0 Å². The van der Waals surface area contributed by atoms with E-state index in [1.54, 1.807) is 23.2 Å². The van der Waals surface area contributed by atoms with Crippen LogP contribution in [0.3, 0.4) is 0 Å². The Labute approximate surface area is 144 Å². The van der Waals surface area contributed by atoms with E-state index in [0.717, 1.165) is 0 Å². The van der Waals surface area contributed by atoms with Gasteiger partial charge in [0.15, 0.2) is 11.4 Å². The number of amides is 1. The Morgan fingerprint density at radius 3 is 2.46 bits per heavy atom. The van der Waals surface area contributed by atoms with Crippen LogP contribution in [0.15, 0.2) is 18.3 Å². The summed E-state index contributed by atoms with van der Waals surface area (Å²) in [7, 11) is 0. The van der Waals surface area contributed by atoms with Crippen molar-refractivity contribution in [2.75, 3.05) is 26.2 Å². The van der Waals surface area contributed by atoms with Crippen LogP contribution >= 0.6 is 0 Å². The zero-order valence-corrected chi connectivity index (χ0v) is 14.9. The van der Waals surface area contributed by atoms with E-state index in [9.17, 15) is 10.1 Å². The first kappa shape index (κ1) is 18.2. The van der Waals surface area contributed by atoms with Crippen molar-refractivity contribution in [2.24, 2.45) is 5.92 Å². The van der Waals surface area contributed by atoms with E-state index in [4.69, 9.17) is 4.74 Å². The van der Waals surface area contributed by atoms with Gasteiger partial charge in [0.25, 0.3) is 5.91 Å². The highest BCUT2D eigenvalue weighted by atomic mass is 16.5. The smallest absolute Gasteiger partial charge is 0.276 e. The minimum atomic E-state index is -0.107. The highest BCUT2D eigenvalue weighted by Gasteiger charge is 2.29. The molecule has 0 N–H and O–H groups in total. The van der Waals surface area contributed by atoms with Gasteiger partial charge in [0.1, 0.15) is 6.04 Å². The molecule has 1 amide bonds. The molecule has 0 unspecified atom stereocenters. The van der Waals surface area contributed by atoms with Gasteiger partial charge in [-0.15, -0.1) is 0 Å². The van der Waals surface area contributed by atoms with Crippen molar-refractivity contribution in [3.05, 3.63) is 24.0 Å². The summed E-state index contributed by atoms with van der Waals surface area (Å²) in [6.07, 6.45) is 1.60. The summed E-state index contributed by atoms with van der Waals surface area (Å²) >= 11 is 0. The number of pyridine rings is 1. The van der Waals surface area contributed by atoms with Crippen molar-refractivity contribution in [3.63, 3.8) is 0 Å². The number of carbonyl (C=O) groups excluding carboxylic acids is 1. The van der Waals surface area contributed by atoms with Gasteiger partial charge < -0.3 is 9.64 Å². The minimum Gasteiger partial charge on any atom is -0.489 e. The maximum absolute atomic E-state index is 12.8. The molecule has 0 spiro atoms. The monoisotopic (exact) mass is 330 g/mol. The van der Waals surface area contributed by atoms with Gasteiger partial charge in [-0.3, -0.25) is 9.69 Å². The largest absolute Gasteiger partial charge is 0.489 e. The molecule has 0 bridgehead atoms. The first-order valence-corrected chi connectivity index (χ1v) is 8.48. The molecule has 0 radical (unpaired) electrons. The number of rotatable bonds is 5. The Bertz CT molecular complexity index is 601. The molecule has 2 heterocycles. The molecule has 2 rings (SSSR count). The van der Waals surface area contributed by atoms with Crippen LogP contribution in [0.2, 0.25) is 0 Å². The number of hydrogen-bond donors (Lipinski definition) is 0. The Hall–Kier alpha value is -2.13. The Morgan fingerprint density at radius 2 is 1.92 bits per heavy atom. The summed E-state index contributed by atoms with van der Waals surface area (Å²) in [5, 5.41) is 9.32. The zero-order chi connectivity index (χ0) is 17.7. The molecule has 24 heavy (non-hydrogen) atoms. The molecule has 0 aromatic carbocycles. The molecular formula is C18H26N4O2. The molecule has 1 aliphatic rings. The fourth-order valence-corrected chi connectivity index (χ4v) is 2.91. The second-order valence-electron chi connectivity index (χ2n) is 6.66. The third-order valence-corrected chi connectivity index (χ3v) is 4.09. The summed E-state index contributed by atoms with van der Waals surface area (Å²) in [6.45, 7) is 10.6. The first-order chi connectivity index (χ1) is 11.4. The van der Waals surface area contributed by atoms with Crippen molar-refractivity contribution in [3.8, 4) is 11.8 Å². The standard InChI is InChI=1S/C18H26N4O2/c1-13(2)15(12-19)21-8-10-22(11-9-21)18(23)17-16(24-14(3)4)6-5-7-20-17/h5-7,13-15H,8-11H2,1-4H3/t15-/m0/s1. The maximum Gasteiger partial charge on any atom is 0.276 e. The van der Waals surface area contributed by atoms with E-state index in [1.807, 2.05) is 13.8 Å². The summed E-state index contributed by atoms with van der Waals surface area (Å²) in [5.74, 6) is 0.694. The predicted molar refractivity (Wildman–Crippen MR) is 91.7 cm³/mol. The van der Waals surface area contributed by atoms with E-state index in [2.05, 4.69) is 29.8 Å². The maximum atomic E-state index is 12.8.